The van der Waals surface area contributed by atoms with Gasteiger partial charge in [0.25, 0.3) is 5.69 Å². The summed E-state index contributed by atoms with van der Waals surface area (Å²) in [6.07, 6.45) is 9.15. The Kier molecular flexibility index (Phi) is 32.1. The second-order valence-corrected chi connectivity index (χ2v) is 31.1. The van der Waals surface area contributed by atoms with E-state index in [4.69, 9.17) is 69.2 Å². The van der Waals surface area contributed by atoms with Gasteiger partial charge in [0.15, 0.2) is 58.3 Å². The number of nitrogens with one attached hydrogen (secondary N) is 5. The van der Waals surface area contributed by atoms with Gasteiger partial charge < -0.3 is 56.0 Å². The maximum Gasteiger partial charge on any atom is 0.339 e. The number of nitro benzene ring substituents is 1. The van der Waals surface area contributed by atoms with E-state index in [0.717, 1.165) is 33.2 Å². The van der Waals surface area contributed by atoms with Gasteiger partial charge in [-0.2, -0.15) is 0 Å². The Morgan fingerprint density at radius 3 is 1.08 bits per heavy atom. The molecule has 7 N–H and O–H groups in total. The van der Waals surface area contributed by atoms with Crippen molar-refractivity contribution in [1.29, 1.82) is 0 Å². The zero-order chi connectivity index (χ0) is 97.8. The molecule has 5 aliphatic rings. The van der Waals surface area contributed by atoms with Crippen LogP contribution in [0.4, 0.5) is 27.6 Å². The first-order chi connectivity index (χ1) is 66.0. The lowest BCUT2D eigenvalue weighted by atomic mass is 9.92. The van der Waals surface area contributed by atoms with Gasteiger partial charge in [-0.15, -0.1) is 0 Å². The Labute approximate surface area is 795 Å². The van der Waals surface area contributed by atoms with Crippen LogP contribution >= 0.6 is 34.8 Å². The highest BCUT2D eigenvalue weighted by Gasteiger charge is 2.39. The van der Waals surface area contributed by atoms with Gasteiger partial charge in [0.1, 0.15) is 70.1 Å². The fourth-order valence-electron chi connectivity index (χ4n) is 14.8. The summed E-state index contributed by atoms with van der Waals surface area (Å²) >= 11 is 18.5. The highest BCUT2D eigenvalue weighted by molar-refractivity contribution is 6.32. The molecule has 11 heterocycles. The number of aliphatic imine (C=N–C) groups is 5. The smallest absolute Gasteiger partial charge is 0.339 e. The van der Waals surface area contributed by atoms with Crippen molar-refractivity contribution in [3.05, 3.63) is 417 Å². The summed E-state index contributed by atoms with van der Waals surface area (Å²) < 4.78 is 95.8. The first kappa shape index (κ1) is 98.1. The van der Waals surface area contributed by atoms with Crippen molar-refractivity contribution in [2.24, 2.45) is 30.7 Å². The minimum absolute atomic E-state index is 0.00632. The number of pyridine rings is 6. The number of rotatable bonds is 18. The molecule has 12 aromatic rings. The molecule has 0 fully saturated rings. The van der Waals surface area contributed by atoms with Gasteiger partial charge in [0.2, 0.25) is 0 Å². The molecule has 5 aliphatic heterocycles. The number of allylic oxidation sites excluding steroid dienone is 4. The lowest BCUT2D eigenvalue weighted by Crippen LogP contribution is -2.38. The van der Waals surface area contributed by atoms with E-state index in [1.165, 1.54) is 144 Å². The van der Waals surface area contributed by atoms with Crippen LogP contribution in [0.5, 0.6) is 0 Å². The average Bonchev–Trinajstić information content (AvgIpc) is 0.757. The van der Waals surface area contributed by atoms with Crippen molar-refractivity contribution in [2.45, 2.75) is 64.8 Å². The molecule has 6 aromatic heterocycles. The van der Waals surface area contributed by atoms with Crippen molar-refractivity contribution >= 4 is 110 Å². The summed E-state index contributed by atoms with van der Waals surface area (Å²) in [6, 6.07) is 54.3. The second-order valence-electron chi connectivity index (χ2n) is 29.8. The number of methoxy groups -OCH3 is 4. The largest absolute Gasteiger partial charge is 0.466 e. The number of esters is 5. The molecule has 30 nitrogen and oxygen atoms in total. The molecule has 38 heteroatoms. The van der Waals surface area contributed by atoms with Crippen molar-refractivity contribution in [2.75, 3.05) is 35.0 Å². The normalized spacial score (nSPS) is 16.5. The van der Waals surface area contributed by atoms with Crippen LogP contribution in [0.25, 0.3) is 22.0 Å². The first-order valence-corrected chi connectivity index (χ1v) is 42.7. The van der Waals surface area contributed by atoms with E-state index in [-0.39, 0.29) is 86.9 Å². The molecule has 0 saturated heterocycles. The summed E-state index contributed by atoms with van der Waals surface area (Å²) in [5, 5.41) is 27.7. The molecule has 0 spiro atoms. The van der Waals surface area contributed by atoms with E-state index < -0.39 is 94.1 Å². The van der Waals surface area contributed by atoms with Crippen LogP contribution < -0.4 is 32.3 Å². The van der Waals surface area contributed by atoms with Crippen LogP contribution in [0.2, 0.25) is 15.1 Å². The van der Waals surface area contributed by atoms with Crippen LogP contribution in [-0.4, -0.2) is 129 Å². The first-order valence-electron chi connectivity index (χ1n) is 41.6. The van der Waals surface area contributed by atoms with Crippen LogP contribution in [0.3, 0.4) is 0 Å². The number of aromatic nitrogens is 6. The number of nitrogens with zero attached hydrogens (tertiary/aromatic N) is 12. The molecule has 5 unspecified atom stereocenters. The second kappa shape index (κ2) is 44.9. The number of halogens is 8. The van der Waals surface area contributed by atoms with Gasteiger partial charge in [-0.05, 0) is 166 Å². The van der Waals surface area contributed by atoms with Gasteiger partial charge in [-0.3, -0.25) is 40.1 Å². The fraction of sp³-hybridized carbons (Fsp3) is 0.152. The summed E-state index contributed by atoms with van der Waals surface area (Å²) in [5.41, 5.74) is 15.4. The Morgan fingerprint density at radius 1 is 0.380 bits per heavy atom. The third kappa shape index (κ3) is 22.6. The van der Waals surface area contributed by atoms with Crippen molar-refractivity contribution in [3.63, 3.8) is 0 Å². The number of non-ortho nitro benzene ring substituents is 1. The van der Waals surface area contributed by atoms with E-state index in [1.54, 1.807) is 107 Å². The van der Waals surface area contributed by atoms with Crippen LogP contribution in [0, 0.1) is 39.2 Å². The Bertz CT molecular complexity index is 7030. The number of fused-ring (bicyclic) bond motifs is 1. The highest BCUT2D eigenvalue weighted by Crippen LogP contribution is 2.42. The molecular formula is C99H82Cl3F5N18O12. The van der Waals surface area contributed by atoms with E-state index in [9.17, 15) is 56.0 Å². The lowest BCUT2D eigenvalue weighted by Gasteiger charge is -2.26. The highest BCUT2D eigenvalue weighted by atomic mass is 35.5. The van der Waals surface area contributed by atoms with E-state index in [2.05, 4.69) is 76.5 Å². The van der Waals surface area contributed by atoms with Crippen LogP contribution in [-0.2, 0) is 47.7 Å². The molecule has 0 saturated carbocycles. The summed E-state index contributed by atoms with van der Waals surface area (Å²) in [4.78, 5) is 120. The summed E-state index contributed by atoms with van der Waals surface area (Å²) in [5.74, 6) is -4.42. The van der Waals surface area contributed by atoms with Gasteiger partial charge in [-0.25, -0.2) is 70.8 Å². The number of benzene rings is 6. The zero-order valence-corrected chi connectivity index (χ0v) is 76.4. The predicted molar refractivity (Wildman–Crippen MR) is 504 cm³/mol. The number of hydrogen-bond donors (Lipinski definition) is 6. The average molecular weight is 1920 g/mol. The molecule has 5 atom stereocenters. The zero-order valence-electron chi connectivity index (χ0n) is 74.1. The number of nitro groups is 1. The Morgan fingerprint density at radius 2 is 0.708 bits per heavy atom. The molecule has 0 radical (unpaired) electrons. The standard InChI is InChI=1S/C27H21FN4O2.C19H17ClFN3O2.C18H15ClFN3O2.C18H15FN4O4.C17H14ClFN4O2/c1-16-23(27(33)34-2)24(32-26(31-16)25-21(28)11-7-13-29-25)19-10-6-12-22-20(19)14-18(15-30-22)17-8-4-3-5-9-17;1-3-26-19(25)15-11(2)23-18(17-14(21)9-6-10-22-17)24-16(15)12-7-4-5-8-13(12)20;1-10-14(18(24)25-2)15(11-5-7-12(19)8-6-11)23-17(22-10)16-13(20)4-3-9-21-16;1-10-14(18(24)27-2)15(11-5-7-12(8-6-11)23(25)26)22-17(21-10)16-13(19)4-3-9-20-16;1-25-17(24)12-13(9-5-2-3-6-10(9)18)22-16(23-15(12)20)14-11(19)7-4-8-21-14/h3-15,24H,1-2H3,(H,31,32);4-10,16H,3H2,1-2H3,(H,23,24);3-9,15H,1-2H3,(H,22,23);3-9,15H,1-2H3,(H,21,22);2-8,13H,20H2,1H3,(H,22,23). The fourth-order valence-corrected chi connectivity index (χ4v) is 15.4. The molecule has 0 bridgehead atoms. The topological polar surface area (TPSA) is 400 Å². The van der Waals surface area contributed by atoms with E-state index >= 15 is 0 Å². The number of carbonyl (C=O) groups excluding carboxylic acids is 5. The number of amidine groups is 5. The molecule has 137 heavy (non-hydrogen) atoms. The number of ether oxygens (including phenoxy) is 5. The molecule has 696 valence electrons. The third-order valence-corrected chi connectivity index (χ3v) is 22.2. The molecule has 6 aromatic carbocycles. The number of carbonyl (C=O) groups is 5. The van der Waals surface area contributed by atoms with Gasteiger partial charge in [-0.1, -0.05) is 126 Å². The van der Waals surface area contributed by atoms with Crippen molar-refractivity contribution in [3.8, 4) is 11.1 Å². The quantitative estimate of drug-likeness (QED) is 0.0153. The van der Waals surface area contributed by atoms with Crippen LogP contribution in [0.1, 0.15) is 121 Å². The lowest BCUT2D eigenvalue weighted by molar-refractivity contribution is -0.384. The van der Waals surface area contributed by atoms with Gasteiger partial charge >= 0.3 is 29.8 Å². The molecular weight excluding hydrogens is 1830 g/mol. The SMILES string of the molecule is CCOC(=O)C1=C(C)NC(c2ncccc2F)=NC1c1ccccc1Cl.COC(=O)C1=C(C)NC(c2ncccc2F)=NC1c1ccc(Cl)cc1.COC(=O)C1=C(C)NC(c2ncccc2F)=NC1c1ccc([N+](=O)[O-])cc1.COC(=O)C1=C(C)NC(c2ncccc2F)=NC1c1cccc2ncc(-c3ccccc3)cc12.COC(=O)C1=C(N)NC(c2ncccc2F)=NC1c1ccccc1Cl. The maximum absolute atomic E-state index is 14.5. The maximum atomic E-state index is 14.5. The van der Waals surface area contributed by atoms with E-state index in [1.807, 2.05) is 60.8 Å². The minimum atomic E-state index is -0.848. The van der Waals surface area contributed by atoms with Crippen molar-refractivity contribution in [1.82, 2.24) is 56.5 Å². The van der Waals surface area contributed by atoms with Gasteiger partial charge in [0.05, 0.1) is 67.8 Å². The molecule has 0 aliphatic carbocycles. The number of nitrogens with two attached hydrogens (primary N) is 1. The van der Waals surface area contributed by atoms with Crippen LogP contribution in [0.15, 0.2) is 331 Å². The summed E-state index contributed by atoms with van der Waals surface area (Å²) in [6.45, 7) is 8.77. The predicted octanol–water partition coefficient (Wildman–Crippen LogP) is 17.2. The Hall–Kier alpha value is -16.4. The molecule has 17 rings (SSSR count). The van der Waals surface area contributed by atoms with E-state index in [0.29, 0.717) is 71.3 Å². The molecule has 0 amide bonds. The Balaban J connectivity index is 0.000000145. The third-order valence-electron chi connectivity index (χ3n) is 21.2. The van der Waals surface area contributed by atoms with Gasteiger partial charge in [0, 0.05) is 109 Å². The summed E-state index contributed by atoms with van der Waals surface area (Å²) in [7, 11) is 5.12. The minimum Gasteiger partial charge on any atom is -0.466 e. The number of hydrogen-bond acceptors (Lipinski definition) is 29. The monoisotopic (exact) mass is 1910 g/mol. The van der Waals surface area contributed by atoms with Crippen molar-refractivity contribution < 1.29 is 74.5 Å².